The number of nitrogens with one attached hydrogen (secondary N) is 1. The van der Waals surface area contributed by atoms with Crippen molar-refractivity contribution in [3.05, 3.63) is 35.6 Å². The van der Waals surface area contributed by atoms with E-state index in [1.165, 1.54) is 6.07 Å². The first-order valence-corrected chi connectivity index (χ1v) is 4.72. The average molecular weight is 202 g/mol. The van der Waals surface area contributed by atoms with Crippen LogP contribution < -0.4 is 5.32 Å². The van der Waals surface area contributed by atoms with Gasteiger partial charge in [0.1, 0.15) is 5.82 Å². The van der Waals surface area contributed by atoms with Crippen LogP contribution in [-0.2, 0) is 6.54 Å². The minimum absolute atomic E-state index is 0.0757. The summed E-state index contributed by atoms with van der Waals surface area (Å²) >= 11 is 5.73. The molecule has 0 aromatic heterocycles. The molecular formula is C10H13ClFN. The summed E-state index contributed by atoms with van der Waals surface area (Å²) in [5.41, 5.74) is 0.680. The van der Waals surface area contributed by atoms with E-state index >= 15 is 0 Å². The summed E-state index contributed by atoms with van der Waals surface area (Å²) in [7, 11) is 0. The predicted molar refractivity (Wildman–Crippen MR) is 53.4 cm³/mol. The third kappa shape index (κ3) is 3.75. The van der Waals surface area contributed by atoms with E-state index < -0.39 is 0 Å². The maximum atomic E-state index is 13.0. The van der Waals surface area contributed by atoms with Crippen molar-refractivity contribution in [3.8, 4) is 0 Å². The van der Waals surface area contributed by atoms with Crippen molar-refractivity contribution in [2.75, 3.05) is 6.54 Å². The van der Waals surface area contributed by atoms with Gasteiger partial charge in [-0.2, -0.15) is 0 Å². The van der Waals surface area contributed by atoms with Crippen LogP contribution >= 0.6 is 11.6 Å². The van der Waals surface area contributed by atoms with Crippen LogP contribution in [0, 0.1) is 5.82 Å². The zero-order chi connectivity index (χ0) is 9.68. The number of hydrogen-bond donors (Lipinski definition) is 1. The zero-order valence-corrected chi connectivity index (χ0v) is 8.31. The molecular weight excluding hydrogens is 189 g/mol. The van der Waals surface area contributed by atoms with Gasteiger partial charge >= 0.3 is 0 Å². The lowest BCUT2D eigenvalue weighted by Crippen LogP contribution is -2.21. The molecule has 0 radical (unpaired) electrons. The Kier molecular flexibility index (Phi) is 4.19. The predicted octanol–water partition coefficient (Wildman–Crippen LogP) is 2.54. The molecule has 0 saturated carbocycles. The number of benzene rings is 1. The second kappa shape index (κ2) is 5.20. The van der Waals surface area contributed by atoms with Crippen LogP contribution in [0.5, 0.6) is 0 Å². The summed E-state index contributed by atoms with van der Waals surface area (Å²) in [6.07, 6.45) is 0. The molecule has 3 heteroatoms. The van der Waals surface area contributed by atoms with Crippen molar-refractivity contribution in [2.45, 2.75) is 18.8 Å². The molecule has 0 saturated heterocycles. The topological polar surface area (TPSA) is 12.0 Å². The lowest BCUT2D eigenvalue weighted by molar-refractivity contribution is 0.587. The highest BCUT2D eigenvalue weighted by atomic mass is 35.5. The van der Waals surface area contributed by atoms with E-state index in [4.69, 9.17) is 11.6 Å². The SMILES string of the molecule is CC(Cl)CNCc1ccccc1F. The van der Waals surface area contributed by atoms with E-state index in [1.807, 2.05) is 13.0 Å². The summed E-state index contributed by atoms with van der Waals surface area (Å²) in [6, 6.07) is 6.73. The highest BCUT2D eigenvalue weighted by molar-refractivity contribution is 6.20. The van der Waals surface area contributed by atoms with E-state index in [9.17, 15) is 4.39 Å². The highest BCUT2D eigenvalue weighted by Crippen LogP contribution is 2.05. The van der Waals surface area contributed by atoms with Gasteiger partial charge in [0.25, 0.3) is 0 Å². The van der Waals surface area contributed by atoms with E-state index in [0.29, 0.717) is 18.7 Å². The molecule has 0 spiro atoms. The van der Waals surface area contributed by atoms with Crippen molar-refractivity contribution in [2.24, 2.45) is 0 Å². The maximum absolute atomic E-state index is 13.0. The fraction of sp³-hybridized carbons (Fsp3) is 0.400. The molecule has 13 heavy (non-hydrogen) atoms. The van der Waals surface area contributed by atoms with Gasteiger partial charge in [-0.05, 0) is 13.0 Å². The highest BCUT2D eigenvalue weighted by Gasteiger charge is 2.00. The molecule has 0 heterocycles. The lowest BCUT2D eigenvalue weighted by Gasteiger charge is -2.06. The third-order valence-electron chi connectivity index (χ3n) is 1.70. The van der Waals surface area contributed by atoms with Crippen LogP contribution in [0.4, 0.5) is 4.39 Å². The summed E-state index contributed by atoms with van der Waals surface area (Å²) in [5, 5.41) is 3.15. The Bertz CT molecular complexity index is 263. The van der Waals surface area contributed by atoms with Crippen LogP contribution in [-0.4, -0.2) is 11.9 Å². The van der Waals surface area contributed by atoms with Crippen molar-refractivity contribution < 1.29 is 4.39 Å². The Morgan fingerprint density at radius 1 is 1.46 bits per heavy atom. The fourth-order valence-corrected chi connectivity index (χ4v) is 1.16. The van der Waals surface area contributed by atoms with Crippen molar-refractivity contribution in [1.82, 2.24) is 5.32 Å². The molecule has 1 rings (SSSR count). The second-order valence-electron chi connectivity index (χ2n) is 3.00. The normalized spacial score (nSPS) is 12.8. The first kappa shape index (κ1) is 10.5. The first-order chi connectivity index (χ1) is 6.20. The molecule has 0 bridgehead atoms. The molecule has 1 aromatic rings. The van der Waals surface area contributed by atoms with E-state index in [0.717, 1.165) is 0 Å². The van der Waals surface area contributed by atoms with Crippen molar-refractivity contribution in [3.63, 3.8) is 0 Å². The minimum Gasteiger partial charge on any atom is -0.311 e. The van der Waals surface area contributed by atoms with Crippen molar-refractivity contribution >= 4 is 11.6 Å². The zero-order valence-electron chi connectivity index (χ0n) is 7.56. The van der Waals surface area contributed by atoms with Crippen molar-refractivity contribution in [1.29, 1.82) is 0 Å². The smallest absolute Gasteiger partial charge is 0.127 e. The molecule has 1 atom stereocenters. The molecule has 72 valence electrons. The fourth-order valence-electron chi connectivity index (χ4n) is 1.05. The Hall–Kier alpha value is -0.600. The molecule has 0 aliphatic rings. The van der Waals surface area contributed by atoms with E-state index in [1.54, 1.807) is 12.1 Å². The number of rotatable bonds is 4. The number of hydrogen-bond acceptors (Lipinski definition) is 1. The largest absolute Gasteiger partial charge is 0.311 e. The van der Waals surface area contributed by atoms with Gasteiger partial charge in [-0.25, -0.2) is 4.39 Å². The lowest BCUT2D eigenvalue weighted by atomic mass is 10.2. The standard InChI is InChI=1S/C10H13ClFN/c1-8(11)6-13-7-9-4-2-3-5-10(9)12/h2-5,8,13H,6-7H2,1H3. The molecule has 0 amide bonds. The number of halogens is 2. The summed E-state index contributed by atoms with van der Waals surface area (Å²) in [6.45, 7) is 3.12. The molecule has 0 aliphatic carbocycles. The van der Waals surface area contributed by atoms with Crippen LogP contribution in [0.15, 0.2) is 24.3 Å². The maximum Gasteiger partial charge on any atom is 0.127 e. The second-order valence-corrected chi connectivity index (χ2v) is 3.75. The Labute approximate surface area is 82.9 Å². The molecule has 1 N–H and O–H groups in total. The van der Waals surface area contributed by atoms with Gasteiger partial charge in [-0.15, -0.1) is 11.6 Å². The number of alkyl halides is 1. The summed E-state index contributed by atoms with van der Waals surface area (Å²) < 4.78 is 13.0. The molecule has 0 aliphatic heterocycles. The summed E-state index contributed by atoms with van der Waals surface area (Å²) in [5.74, 6) is -0.169. The van der Waals surface area contributed by atoms with Gasteiger partial charge in [-0.3, -0.25) is 0 Å². The van der Waals surface area contributed by atoms with Crippen LogP contribution in [0.2, 0.25) is 0 Å². The van der Waals surface area contributed by atoms with Gasteiger partial charge in [-0.1, -0.05) is 18.2 Å². The average Bonchev–Trinajstić information content (AvgIpc) is 2.08. The minimum atomic E-state index is -0.169. The molecule has 1 aromatic carbocycles. The van der Waals surface area contributed by atoms with Gasteiger partial charge in [0, 0.05) is 24.0 Å². The Balaban J connectivity index is 2.41. The van der Waals surface area contributed by atoms with Gasteiger partial charge < -0.3 is 5.32 Å². The quantitative estimate of drug-likeness (QED) is 0.739. The Morgan fingerprint density at radius 2 is 2.15 bits per heavy atom. The monoisotopic (exact) mass is 201 g/mol. The third-order valence-corrected chi connectivity index (χ3v) is 1.85. The van der Waals surface area contributed by atoms with E-state index in [2.05, 4.69) is 5.32 Å². The molecule has 0 fully saturated rings. The summed E-state index contributed by atoms with van der Waals surface area (Å²) in [4.78, 5) is 0. The van der Waals surface area contributed by atoms with Gasteiger partial charge in [0.2, 0.25) is 0 Å². The van der Waals surface area contributed by atoms with Gasteiger partial charge in [0.15, 0.2) is 0 Å². The Morgan fingerprint density at radius 3 is 2.77 bits per heavy atom. The van der Waals surface area contributed by atoms with Crippen LogP contribution in [0.3, 0.4) is 0 Å². The molecule has 1 nitrogen and oxygen atoms in total. The first-order valence-electron chi connectivity index (χ1n) is 4.28. The van der Waals surface area contributed by atoms with Crippen LogP contribution in [0.25, 0.3) is 0 Å². The molecule has 1 unspecified atom stereocenters. The van der Waals surface area contributed by atoms with E-state index in [-0.39, 0.29) is 11.2 Å². The van der Waals surface area contributed by atoms with Gasteiger partial charge in [0.05, 0.1) is 0 Å². The van der Waals surface area contributed by atoms with Crippen LogP contribution in [0.1, 0.15) is 12.5 Å².